The second kappa shape index (κ2) is 9.95. The van der Waals surface area contributed by atoms with Gasteiger partial charge in [0.25, 0.3) is 0 Å². The quantitative estimate of drug-likeness (QED) is 0.464. The number of ether oxygens (including phenoxy) is 2. The highest BCUT2D eigenvalue weighted by atomic mass is 16.6. The summed E-state index contributed by atoms with van der Waals surface area (Å²) in [4.78, 5) is 23.6. The number of fused-ring (bicyclic) bond motifs is 1. The zero-order valence-corrected chi connectivity index (χ0v) is 18.1. The van der Waals surface area contributed by atoms with Gasteiger partial charge in [-0.15, -0.1) is 0 Å². The minimum absolute atomic E-state index is 0.0707. The van der Waals surface area contributed by atoms with Crippen LogP contribution in [0.2, 0.25) is 0 Å². The van der Waals surface area contributed by atoms with Crippen molar-refractivity contribution in [1.82, 2.24) is 20.3 Å². The molecule has 1 aromatic heterocycles. The molecule has 0 radical (unpaired) electrons. The van der Waals surface area contributed by atoms with E-state index in [9.17, 15) is 4.79 Å². The van der Waals surface area contributed by atoms with Crippen molar-refractivity contribution < 1.29 is 14.3 Å². The third-order valence-corrected chi connectivity index (χ3v) is 5.09. The number of nitrogens with one attached hydrogen (secondary N) is 3. The minimum atomic E-state index is -0.0707. The van der Waals surface area contributed by atoms with Crippen LogP contribution in [0.25, 0.3) is 11.1 Å². The summed E-state index contributed by atoms with van der Waals surface area (Å²) in [6.45, 7) is 6.32. The number of benzene rings is 2. The number of anilines is 2. The number of amides is 1. The van der Waals surface area contributed by atoms with Crippen LogP contribution in [0.4, 0.5) is 11.9 Å². The summed E-state index contributed by atoms with van der Waals surface area (Å²) in [6.07, 6.45) is 1.45. The maximum Gasteiger partial charge on any atom is 0.227 e. The van der Waals surface area contributed by atoms with Crippen LogP contribution in [0.1, 0.15) is 18.1 Å². The minimum Gasteiger partial charge on any atom is -0.486 e. The van der Waals surface area contributed by atoms with Crippen LogP contribution in [0.15, 0.2) is 42.7 Å². The second-order valence-electron chi connectivity index (χ2n) is 7.34. The Morgan fingerprint density at radius 3 is 2.59 bits per heavy atom. The molecule has 0 unspecified atom stereocenters. The standard InChI is InChI=1S/C23H26N6O3/c1-15-18(13-26-23-28-14-27-22(29-23)25-9-8-24-16(2)30)4-3-5-19(15)17-6-7-20-21(12-17)32-11-10-31-20/h3-7,12,14H,8-11,13H2,1-2H3,(H,24,30)(H2,25,26,27,28,29). The van der Waals surface area contributed by atoms with Gasteiger partial charge >= 0.3 is 0 Å². The van der Waals surface area contributed by atoms with E-state index < -0.39 is 0 Å². The number of carbonyl (C=O) groups is 1. The number of rotatable bonds is 8. The fourth-order valence-electron chi connectivity index (χ4n) is 3.45. The number of aromatic nitrogens is 3. The summed E-state index contributed by atoms with van der Waals surface area (Å²) in [5.74, 6) is 2.42. The molecule has 1 amide bonds. The van der Waals surface area contributed by atoms with Gasteiger partial charge in [-0.25, -0.2) is 9.97 Å². The lowest BCUT2D eigenvalue weighted by atomic mass is 9.96. The van der Waals surface area contributed by atoms with E-state index in [-0.39, 0.29) is 5.91 Å². The average molecular weight is 435 g/mol. The molecule has 0 fully saturated rings. The van der Waals surface area contributed by atoms with Crippen molar-refractivity contribution >= 4 is 17.8 Å². The third-order valence-electron chi connectivity index (χ3n) is 5.09. The molecule has 0 aliphatic carbocycles. The van der Waals surface area contributed by atoms with Crippen LogP contribution >= 0.6 is 0 Å². The summed E-state index contributed by atoms with van der Waals surface area (Å²) < 4.78 is 11.4. The predicted octanol–water partition coefficient (Wildman–Crippen LogP) is 2.78. The Kier molecular flexibility index (Phi) is 6.64. The molecule has 1 aliphatic heterocycles. The molecule has 0 bridgehead atoms. The van der Waals surface area contributed by atoms with Crippen molar-refractivity contribution in [3.8, 4) is 22.6 Å². The van der Waals surface area contributed by atoms with Gasteiger partial charge in [-0.3, -0.25) is 4.79 Å². The first-order valence-electron chi connectivity index (χ1n) is 10.5. The Bertz CT molecular complexity index is 1100. The molecule has 2 aromatic carbocycles. The van der Waals surface area contributed by atoms with E-state index in [0.717, 1.165) is 28.2 Å². The third kappa shape index (κ3) is 5.23. The number of nitrogens with zero attached hydrogens (tertiary/aromatic N) is 3. The van der Waals surface area contributed by atoms with Crippen LogP contribution in [-0.2, 0) is 11.3 Å². The van der Waals surface area contributed by atoms with Gasteiger partial charge in [0.2, 0.25) is 17.8 Å². The van der Waals surface area contributed by atoms with E-state index in [2.05, 4.69) is 56.0 Å². The molecule has 3 N–H and O–H groups in total. The topological polar surface area (TPSA) is 110 Å². The molecule has 9 heteroatoms. The van der Waals surface area contributed by atoms with Crippen LogP contribution in [0.5, 0.6) is 11.5 Å². The number of hydrogen-bond donors (Lipinski definition) is 3. The predicted molar refractivity (Wildman–Crippen MR) is 122 cm³/mol. The van der Waals surface area contributed by atoms with Gasteiger partial charge in [-0.1, -0.05) is 24.3 Å². The van der Waals surface area contributed by atoms with Gasteiger partial charge in [0.1, 0.15) is 19.5 Å². The molecule has 9 nitrogen and oxygen atoms in total. The number of carbonyl (C=O) groups excluding carboxylic acids is 1. The first kappa shape index (κ1) is 21.4. The van der Waals surface area contributed by atoms with Crippen molar-refractivity contribution in [2.24, 2.45) is 0 Å². The fraction of sp³-hybridized carbons (Fsp3) is 0.304. The van der Waals surface area contributed by atoms with E-state index in [1.54, 1.807) is 0 Å². The highest BCUT2D eigenvalue weighted by molar-refractivity contribution is 5.73. The van der Waals surface area contributed by atoms with Gasteiger partial charge < -0.3 is 25.4 Å². The summed E-state index contributed by atoms with van der Waals surface area (Å²) in [5, 5.41) is 9.04. The fourth-order valence-corrected chi connectivity index (χ4v) is 3.45. The first-order chi connectivity index (χ1) is 15.6. The van der Waals surface area contributed by atoms with Crippen molar-refractivity contribution in [1.29, 1.82) is 0 Å². The van der Waals surface area contributed by atoms with Crippen LogP contribution in [-0.4, -0.2) is 47.2 Å². The smallest absolute Gasteiger partial charge is 0.227 e. The summed E-state index contributed by atoms with van der Waals surface area (Å²) in [6, 6.07) is 12.3. The SMILES string of the molecule is CC(=O)NCCNc1ncnc(NCc2cccc(-c3ccc4c(c3)OCCO4)c2C)n1. The highest BCUT2D eigenvalue weighted by Crippen LogP contribution is 2.36. The van der Waals surface area contributed by atoms with Crippen molar-refractivity contribution in [2.45, 2.75) is 20.4 Å². The molecular weight excluding hydrogens is 408 g/mol. The van der Waals surface area contributed by atoms with Crippen molar-refractivity contribution in [3.05, 3.63) is 53.9 Å². The maximum absolute atomic E-state index is 10.9. The molecule has 4 rings (SSSR count). The normalized spacial score (nSPS) is 12.2. The molecule has 32 heavy (non-hydrogen) atoms. The highest BCUT2D eigenvalue weighted by Gasteiger charge is 2.14. The molecule has 166 valence electrons. The Balaban J connectivity index is 1.42. The Labute approximate surface area is 186 Å². The second-order valence-corrected chi connectivity index (χ2v) is 7.34. The molecule has 2 heterocycles. The van der Waals surface area contributed by atoms with E-state index in [1.807, 2.05) is 18.2 Å². The van der Waals surface area contributed by atoms with E-state index >= 15 is 0 Å². The molecule has 0 saturated heterocycles. The lowest BCUT2D eigenvalue weighted by molar-refractivity contribution is -0.118. The largest absolute Gasteiger partial charge is 0.486 e. The zero-order valence-electron chi connectivity index (χ0n) is 18.1. The van der Waals surface area contributed by atoms with Gasteiger partial charge in [-0.05, 0) is 41.3 Å². The van der Waals surface area contributed by atoms with E-state index in [0.29, 0.717) is 44.7 Å². The Morgan fingerprint density at radius 1 is 1.00 bits per heavy atom. The Morgan fingerprint density at radius 2 is 1.78 bits per heavy atom. The van der Waals surface area contributed by atoms with Crippen LogP contribution < -0.4 is 25.4 Å². The van der Waals surface area contributed by atoms with Gasteiger partial charge in [-0.2, -0.15) is 4.98 Å². The summed E-state index contributed by atoms with van der Waals surface area (Å²) in [5.41, 5.74) is 4.52. The van der Waals surface area contributed by atoms with Crippen LogP contribution in [0.3, 0.4) is 0 Å². The summed E-state index contributed by atoms with van der Waals surface area (Å²) >= 11 is 0. The van der Waals surface area contributed by atoms with Gasteiger partial charge in [0, 0.05) is 26.6 Å². The van der Waals surface area contributed by atoms with E-state index in [4.69, 9.17) is 9.47 Å². The van der Waals surface area contributed by atoms with Crippen molar-refractivity contribution in [2.75, 3.05) is 36.9 Å². The zero-order chi connectivity index (χ0) is 22.3. The molecule has 0 atom stereocenters. The maximum atomic E-state index is 10.9. The van der Waals surface area contributed by atoms with Crippen LogP contribution in [0, 0.1) is 6.92 Å². The Hall–Kier alpha value is -3.88. The van der Waals surface area contributed by atoms with E-state index in [1.165, 1.54) is 18.8 Å². The lowest BCUT2D eigenvalue weighted by Crippen LogP contribution is -2.26. The molecule has 1 aliphatic rings. The monoisotopic (exact) mass is 434 g/mol. The van der Waals surface area contributed by atoms with Gasteiger partial charge in [0.15, 0.2) is 11.5 Å². The molecule has 3 aromatic rings. The first-order valence-corrected chi connectivity index (χ1v) is 10.5. The lowest BCUT2D eigenvalue weighted by Gasteiger charge is -2.19. The van der Waals surface area contributed by atoms with Gasteiger partial charge in [0.05, 0.1) is 0 Å². The number of hydrogen-bond acceptors (Lipinski definition) is 8. The van der Waals surface area contributed by atoms with Crippen molar-refractivity contribution in [3.63, 3.8) is 0 Å². The molecule has 0 saturated carbocycles. The molecular formula is C23H26N6O3. The summed E-state index contributed by atoms with van der Waals surface area (Å²) in [7, 11) is 0. The average Bonchev–Trinajstić information content (AvgIpc) is 2.81. The molecule has 0 spiro atoms.